The minimum Gasteiger partial charge on any atom is -0.434 e. The van der Waals surface area contributed by atoms with Crippen LogP contribution in [0.3, 0.4) is 0 Å². The molecule has 0 saturated heterocycles. The molecule has 0 atom stereocenters. The van der Waals surface area contributed by atoms with Gasteiger partial charge in [-0.1, -0.05) is 81.1 Å². The van der Waals surface area contributed by atoms with Gasteiger partial charge in [0.1, 0.15) is 5.75 Å². The third kappa shape index (κ3) is 8.76. The first kappa shape index (κ1) is 21.0. The highest BCUT2D eigenvalue weighted by atomic mass is 16.7. The molecule has 0 bridgehead atoms. The summed E-state index contributed by atoms with van der Waals surface area (Å²) >= 11 is 0. The molecule has 0 spiro atoms. The van der Waals surface area contributed by atoms with Crippen molar-refractivity contribution in [2.45, 2.75) is 64.7 Å². The molecule has 0 heterocycles. The van der Waals surface area contributed by atoms with Crippen molar-refractivity contribution in [1.29, 1.82) is 0 Å². The molecule has 2 rings (SSSR count). The summed E-state index contributed by atoms with van der Waals surface area (Å²) in [6.07, 6.45) is 9.16. The largest absolute Gasteiger partial charge is 0.513 e. The van der Waals surface area contributed by atoms with E-state index in [0.29, 0.717) is 12.4 Å². The van der Waals surface area contributed by atoms with E-state index in [4.69, 9.17) is 9.47 Å². The maximum atomic E-state index is 11.9. The normalized spacial score (nSPS) is 10.6. The van der Waals surface area contributed by atoms with E-state index in [1.54, 1.807) is 0 Å². The molecule has 3 heteroatoms. The van der Waals surface area contributed by atoms with E-state index in [-0.39, 0.29) is 0 Å². The number of ether oxygens (including phenoxy) is 2. The first-order valence-corrected chi connectivity index (χ1v) is 10.3. The van der Waals surface area contributed by atoms with E-state index in [1.165, 1.54) is 24.8 Å². The van der Waals surface area contributed by atoms with Gasteiger partial charge in [-0.15, -0.1) is 0 Å². The summed E-state index contributed by atoms with van der Waals surface area (Å²) in [5, 5.41) is 0. The number of rotatable bonds is 12. The molecule has 2 aromatic rings. The van der Waals surface area contributed by atoms with Gasteiger partial charge >= 0.3 is 6.16 Å². The molecule has 0 aliphatic heterocycles. The topological polar surface area (TPSA) is 35.5 Å². The molecule has 3 nitrogen and oxygen atoms in total. The van der Waals surface area contributed by atoms with Gasteiger partial charge in [0.05, 0.1) is 6.61 Å². The quantitative estimate of drug-likeness (QED) is 0.236. The Morgan fingerprint density at radius 2 is 1.48 bits per heavy atom. The lowest BCUT2D eigenvalue weighted by Gasteiger charge is -2.10. The second-order valence-corrected chi connectivity index (χ2v) is 6.92. The van der Waals surface area contributed by atoms with Crippen LogP contribution in [-0.4, -0.2) is 12.8 Å². The minimum absolute atomic E-state index is 0.419. The number of para-hydroxylation sites is 1. The highest BCUT2D eigenvalue weighted by Gasteiger charge is 2.09. The summed E-state index contributed by atoms with van der Waals surface area (Å²) in [4.78, 5) is 11.9. The van der Waals surface area contributed by atoms with E-state index in [0.717, 1.165) is 44.1 Å². The Kier molecular flexibility index (Phi) is 10.1. The molecule has 0 N–H and O–H groups in total. The summed E-state index contributed by atoms with van der Waals surface area (Å²) in [6.45, 7) is 2.60. The average Bonchev–Trinajstić information content (AvgIpc) is 2.69. The van der Waals surface area contributed by atoms with Crippen molar-refractivity contribution in [3.05, 3.63) is 65.7 Å². The minimum atomic E-state index is -0.595. The molecule has 0 aliphatic rings. The Bertz CT molecular complexity index is 652. The van der Waals surface area contributed by atoms with Crippen LogP contribution in [-0.2, 0) is 17.6 Å². The van der Waals surface area contributed by atoms with Gasteiger partial charge in [0.15, 0.2) is 0 Å². The van der Waals surface area contributed by atoms with Gasteiger partial charge in [0.25, 0.3) is 0 Å². The van der Waals surface area contributed by atoms with Crippen molar-refractivity contribution < 1.29 is 14.3 Å². The zero-order chi connectivity index (χ0) is 19.2. The molecular weight excluding hydrogens is 336 g/mol. The molecule has 2 aromatic carbocycles. The van der Waals surface area contributed by atoms with Gasteiger partial charge in [-0.25, -0.2) is 4.79 Å². The van der Waals surface area contributed by atoms with Crippen molar-refractivity contribution in [3.8, 4) is 5.75 Å². The van der Waals surface area contributed by atoms with Crippen LogP contribution in [0.5, 0.6) is 5.75 Å². The second-order valence-electron chi connectivity index (χ2n) is 6.92. The number of hydrogen-bond donors (Lipinski definition) is 0. The Hall–Kier alpha value is -2.29. The summed E-state index contributed by atoms with van der Waals surface area (Å²) in [7, 11) is 0. The molecule has 0 aliphatic carbocycles. The molecule has 0 radical (unpaired) electrons. The summed E-state index contributed by atoms with van der Waals surface area (Å²) in [5.74, 6) is 0.626. The van der Waals surface area contributed by atoms with Gasteiger partial charge in [0, 0.05) is 0 Å². The first-order valence-electron chi connectivity index (χ1n) is 10.3. The lowest BCUT2D eigenvalue weighted by Crippen LogP contribution is -2.12. The highest BCUT2D eigenvalue weighted by molar-refractivity contribution is 5.64. The zero-order valence-electron chi connectivity index (χ0n) is 16.5. The first-order chi connectivity index (χ1) is 13.3. The molecule has 0 aromatic heterocycles. The number of aryl methyl sites for hydroxylation is 2. The molecule has 27 heavy (non-hydrogen) atoms. The zero-order valence-corrected chi connectivity index (χ0v) is 16.5. The smallest absolute Gasteiger partial charge is 0.434 e. The van der Waals surface area contributed by atoms with Crippen molar-refractivity contribution >= 4 is 6.16 Å². The van der Waals surface area contributed by atoms with Crippen LogP contribution < -0.4 is 4.74 Å². The fourth-order valence-corrected chi connectivity index (χ4v) is 3.08. The number of benzene rings is 2. The molecule has 146 valence electrons. The van der Waals surface area contributed by atoms with Gasteiger partial charge in [-0.05, 0) is 49.3 Å². The van der Waals surface area contributed by atoms with Gasteiger partial charge in [-0.3, -0.25) is 0 Å². The van der Waals surface area contributed by atoms with Crippen molar-refractivity contribution in [2.24, 2.45) is 0 Å². The van der Waals surface area contributed by atoms with Crippen LogP contribution in [0.2, 0.25) is 0 Å². The third-order valence-electron chi connectivity index (χ3n) is 4.64. The van der Waals surface area contributed by atoms with Crippen molar-refractivity contribution in [3.63, 3.8) is 0 Å². The Balaban J connectivity index is 1.58. The number of carbonyl (C=O) groups is 1. The lowest BCUT2D eigenvalue weighted by atomic mass is 10.1. The highest BCUT2D eigenvalue weighted by Crippen LogP contribution is 2.21. The number of unbranched alkanes of at least 4 members (excludes halogenated alkanes) is 5. The van der Waals surface area contributed by atoms with Crippen LogP contribution in [0, 0.1) is 0 Å². The van der Waals surface area contributed by atoms with E-state index in [9.17, 15) is 4.79 Å². The number of hydrogen-bond acceptors (Lipinski definition) is 3. The van der Waals surface area contributed by atoms with Crippen LogP contribution in [0.1, 0.15) is 63.0 Å². The van der Waals surface area contributed by atoms with Gasteiger partial charge < -0.3 is 9.47 Å². The fourth-order valence-electron chi connectivity index (χ4n) is 3.08. The van der Waals surface area contributed by atoms with E-state index in [2.05, 4.69) is 31.2 Å². The lowest BCUT2D eigenvalue weighted by molar-refractivity contribution is 0.0969. The molecule has 0 amide bonds. The standard InChI is InChI=1S/C24H32O3/c1-2-3-7-17-22-18-11-12-19-23(22)27-24(25)26-20-13-5-4-8-14-21-15-9-6-10-16-21/h6,9-12,15-16,18-19H,2-5,7-8,13-14,17,20H2,1H3. The fraction of sp³-hybridized carbons (Fsp3) is 0.458. The van der Waals surface area contributed by atoms with Crippen LogP contribution in [0.15, 0.2) is 54.6 Å². The summed E-state index contributed by atoms with van der Waals surface area (Å²) < 4.78 is 10.6. The Morgan fingerprint density at radius 1 is 0.778 bits per heavy atom. The Morgan fingerprint density at radius 3 is 2.30 bits per heavy atom. The number of carbonyl (C=O) groups excluding carboxylic acids is 1. The molecular formula is C24H32O3. The van der Waals surface area contributed by atoms with Gasteiger partial charge in [0.2, 0.25) is 0 Å². The van der Waals surface area contributed by atoms with E-state index < -0.39 is 6.16 Å². The van der Waals surface area contributed by atoms with Crippen LogP contribution in [0.4, 0.5) is 4.79 Å². The van der Waals surface area contributed by atoms with Crippen LogP contribution in [0.25, 0.3) is 0 Å². The molecule has 0 fully saturated rings. The monoisotopic (exact) mass is 368 g/mol. The van der Waals surface area contributed by atoms with Crippen molar-refractivity contribution in [1.82, 2.24) is 0 Å². The summed E-state index contributed by atoms with van der Waals surface area (Å²) in [5.41, 5.74) is 2.46. The second kappa shape index (κ2) is 13.0. The van der Waals surface area contributed by atoms with Gasteiger partial charge in [-0.2, -0.15) is 0 Å². The van der Waals surface area contributed by atoms with E-state index >= 15 is 0 Å². The molecule has 0 unspecified atom stereocenters. The predicted octanol–water partition coefficient (Wildman–Crippen LogP) is 6.74. The van der Waals surface area contributed by atoms with Crippen molar-refractivity contribution in [2.75, 3.05) is 6.61 Å². The maximum absolute atomic E-state index is 11.9. The average molecular weight is 369 g/mol. The van der Waals surface area contributed by atoms with Crippen LogP contribution >= 0.6 is 0 Å². The SMILES string of the molecule is CCCCCc1ccccc1OC(=O)OCCCCCCc1ccccc1. The van der Waals surface area contributed by atoms with E-state index in [1.807, 2.05) is 30.3 Å². The maximum Gasteiger partial charge on any atom is 0.513 e. The third-order valence-corrected chi connectivity index (χ3v) is 4.64. The predicted molar refractivity (Wildman–Crippen MR) is 110 cm³/mol. The molecule has 0 saturated carbocycles. The summed E-state index contributed by atoms with van der Waals surface area (Å²) in [6, 6.07) is 18.3. The Labute approximate surface area is 163 Å².